The van der Waals surface area contributed by atoms with Crippen LogP contribution in [0.3, 0.4) is 0 Å². The van der Waals surface area contributed by atoms with Gasteiger partial charge < -0.3 is 5.32 Å². The number of nitriles is 1. The van der Waals surface area contributed by atoms with Crippen molar-refractivity contribution in [2.45, 2.75) is 38.6 Å². The Morgan fingerprint density at radius 1 is 1.53 bits per heavy atom. The lowest BCUT2D eigenvalue weighted by Gasteiger charge is -2.41. The number of hydrogen-bond donors (Lipinski definition) is 1. The highest BCUT2D eigenvalue weighted by molar-refractivity contribution is 5.78. The SMILES string of the molecule is CCC1CCC(C#N)C(N2CCNC(=O)C2)C1. The fraction of sp³-hybridized carbons (Fsp3) is 0.846. The number of carbonyl (C=O) groups is 1. The van der Waals surface area contributed by atoms with E-state index in [0.717, 1.165) is 31.8 Å². The molecule has 2 aliphatic rings. The first-order valence-corrected chi connectivity index (χ1v) is 6.65. The smallest absolute Gasteiger partial charge is 0.234 e. The Bertz CT molecular complexity index is 323. The van der Waals surface area contributed by atoms with Crippen LogP contribution in [-0.4, -0.2) is 36.5 Å². The molecule has 0 aromatic rings. The van der Waals surface area contributed by atoms with Crippen molar-refractivity contribution in [1.82, 2.24) is 10.2 Å². The minimum Gasteiger partial charge on any atom is -0.354 e. The van der Waals surface area contributed by atoms with E-state index in [9.17, 15) is 10.1 Å². The van der Waals surface area contributed by atoms with Crippen LogP contribution in [0.25, 0.3) is 0 Å². The first kappa shape index (κ1) is 12.4. The number of nitrogens with zero attached hydrogens (tertiary/aromatic N) is 2. The van der Waals surface area contributed by atoms with Gasteiger partial charge in [0.1, 0.15) is 0 Å². The lowest BCUT2D eigenvalue weighted by Crippen LogP contribution is -2.54. The second-order valence-corrected chi connectivity index (χ2v) is 5.21. The summed E-state index contributed by atoms with van der Waals surface area (Å²) in [7, 11) is 0. The van der Waals surface area contributed by atoms with Gasteiger partial charge in [-0.3, -0.25) is 9.69 Å². The molecule has 0 aromatic carbocycles. The minimum absolute atomic E-state index is 0.103. The van der Waals surface area contributed by atoms with Crippen molar-refractivity contribution < 1.29 is 4.79 Å². The highest BCUT2D eigenvalue weighted by Gasteiger charge is 2.35. The first-order valence-electron chi connectivity index (χ1n) is 6.65. The van der Waals surface area contributed by atoms with Crippen LogP contribution in [0.2, 0.25) is 0 Å². The molecule has 94 valence electrons. The summed E-state index contributed by atoms with van der Waals surface area (Å²) in [6.07, 6.45) is 4.44. The van der Waals surface area contributed by atoms with E-state index in [2.05, 4.69) is 23.2 Å². The molecule has 1 saturated heterocycles. The molecule has 0 radical (unpaired) electrons. The number of carbonyl (C=O) groups excluding carboxylic acids is 1. The van der Waals surface area contributed by atoms with Crippen molar-refractivity contribution in [2.24, 2.45) is 11.8 Å². The van der Waals surface area contributed by atoms with Crippen molar-refractivity contribution >= 4 is 5.91 Å². The number of amides is 1. The summed E-state index contributed by atoms with van der Waals surface area (Å²) in [5, 5.41) is 12.1. The number of hydrogen-bond acceptors (Lipinski definition) is 3. The topological polar surface area (TPSA) is 56.1 Å². The fourth-order valence-corrected chi connectivity index (χ4v) is 3.10. The summed E-state index contributed by atoms with van der Waals surface area (Å²) in [5.74, 6) is 0.949. The van der Waals surface area contributed by atoms with Gasteiger partial charge in [-0.1, -0.05) is 13.3 Å². The normalized spacial score (nSPS) is 35.1. The van der Waals surface area contributed by atoms with Crippen molar-refractivity contribution in [1.29, 1.82) is 5.26 Å². The van der Waals surface area contributed by atoms with Gasteiger partial charge in [0.25, 0.3) is 0 Å². The summed E-state index contributed by atoms with van der Waals surface area (Å²) >= 11 is 0. The van der Waals surface area contributed by atoms with E-state index in [1.807, 2.05) is 0 Å². The average molecular weight is 235 g/mol. The van der Waals surface area contributed by atoms with Crippen molar-refractivity contribution in [3.8, 4) is 6.07 Å². The summed E-state index contributed by atoms with van der Waals surface area (Å²) < 4.78 is 0. The summed E-state index contributed by atoms with van der Waals surface area (Å²) in [4.78, 5) is 13.6. The molecule has 4 heteroatoms. The molecule has 0 spiro atoms. The molecule has 1 aliphatic heterocycles. The van der Waals surface area contributed by atoms with Crippen LogP contribution in [0.1, 0.15) is 32.6 Å². The maximum atomic E-state index is 11.4. The van der Waals surface area contributed by atoms with Gasteiger partial charge in [0.2, 0.25) is 5.91 Å². The average Bonchev–Trinajstić information content (AvgIpc) is 2.38. The van der Waals surface area contributed by atoms with E-state index >= 15 is 0 Å². The van der Waals surface area contributed by atoms with E-state index in [4.69, 9.17) is 0 Å². The molecule has 0 aromatic heterocycles. The lowest BCUT2D eigenvalue weighted by molar-refractivity contribution is -0.125. The van der Waals surface area contributed by atoms with Crippen molar-refractivity contribution in [3.05, 3.63) is 0 Å². The Labute approximate surface area is 103 Å². The molecule has 3 atom stereocenters. The predicted octanol–water partition coefficient (Wildman–Crippen LogP) is 1.14. The van der Waals surface area contributed by atoms with Crippen LogP contribution in [0.15, 0.2) is 0 Å². The maximum absolute atomic E-state index is 11.4. The Morgan fingerprint density at radius 3 is 3.00 bits per heavy atom. The third-order valence-electron chi connectivity index (χ3n) is 4.21. The van der Waals surface area contributed by atoms with E-state index in [-0.39, 0.29) is 11.8 Å². The Balaban J connectivity index is 2.04. The Hall–Kier alpha value is -1.08. The van der Waals surface area contributed by atoms with Gasteiger partial charge in [-0.2, -0.15) is 5.26 Å². The standard InChI is InChI=1S/C13H21N3O/c1-2-10-3-4-11(8-14)12(7-10)16-6-5-15-13(17)9-16/h10-12H,2-7,9H2,1H3,(H,15,17). The van der Waals surface area contributed by atoms with Gasteiger partial charge >= 0.3 is 0 Å². The maximum Gasteiger partial charge on any atom is 0.234 e. The van der Waals surface area contributed by atoms with Crippen LogP contribution >= 0.6 is 0 Å². The highest BCUT2D eigenvalue weighted by atomic mass is 16.2. The number of nitrogens with one attached hydrogen (secondary N) is 1. The third-order valence-corrected chi connectivity index (χ3v) is 4.21. The van der Waals surface area contributed by atoms with Crippen LogP contribution in [-0.2, 0) is 4.79 Å². The molecule has 1 N–H and O–H groups in total. The van der Waals surface area contributed by atoms with Crippen LogP contribution in [0.4, 0.5) is 0 Å². The zero-order chi connectivity index (χ0) is 12.3. The molecule has 1 aliphatic carbocycles. The lowest BCUT2D eigenvalue weighted by atomic mass is 9.77. The molecule has 2 rings (SSSR count). The molecular formula is C13H21N3O. The molecule has 17 heavy (non-hydrogen) atoms. The molecule has 1 saturated carbocycles. The van der Waals surface area contributed by atoms with Crippen LogP contribution in [0, 0.1) is 23.2 Å². The quantitative estimate of drug-likeness (QED) is 0.780. The van der Waals surface area contributed by atoms with Crippen molar-refractivity contribution in [3.63, 3.8) is 0 Å². The van der Waals surface area contributed by atoms with E-state index in [1.54, 1.807) is 0 Å². The Morgan fingerprint density at radius 2 is 2.35 bits per heavy atom. The monoisotopic (exact) mass is 235 g/mol. The minimum atomic E-state index is 0.103. The van der Waals surface area contributed by atoms with E-state index in [1.165, 1.54) is 12.8 Å². The predicted molar refractivity (Wildman–Crippen MR) is 65.1 cm³/mol. The molecule has 2 fully saturated rings. The summed E-state index contributed by atoms with van der Waals surface area (Å²) in [6.45, 7) is 4.31. The van der Waals surface area contributed by atoms with Gasteiger partial charge in [-0.25, -0.2) is 0 Å². The second kappa shape index (κ2) is 5.50. The largest absolute Gasteiger partial charge is 0.354 e. The highest BCUT2D eigenvalue weighted by Crippen LogP contribution is 2.33. The third kappa shape index (κ3) is 2.78. The van der Waals surface area contributed by atoms with Gasteiger partial charge in [-0.15, -0.1) is 0 Å². The first-order chi connectivity index (χ1) is 8.24. The second-order valence-electron chi connectivity index (χ2n) is 5.21. The number of piperazine rings is 1. The summed E-state index contributed by atoms with van der Waals surface area (Å²) in [5.41, 5.74) is 0. The molecule has 4 nitrogen and oxygen atoms in total. The molecular weight excluding hydrogens is 214 g/mol. The molecule has 0 bridgehead atoms. The van der Waals surface area contributed by atoms with Gasteiger partial charge in [0.15, 0.2) is 0 Å². The fourth-order valence-electron chi connectivity index (χ4n) is 3.10. The van der Waals surface area contributed by atoms with Gasteiger partial charge in [0.05, 0.1) is 18.5 Å². The zero-order valence-corrected chi connectivity index (χ0v) is 10.5. The van der Waals surface area contributed by atoms with Crippen LogP contribution in [0.5, 0.6) is 0 Å². The van der Waals surface area contributed by atoms with Gasteiger partial charge in [0, 0.05) is 19.1 Å². The summed E-state index contributed by atoms with van der Waals surface area (Å²) in [6, 6.07) is 2.73. The molecule has 3 unspecified atom stereocenters. The molecule has 1 heterocycles. The zero-order valence-electron chi connectivity index (χ0n) is 10.5. The number of rotatable bonds is 2. The van der Waals surface area contributed by atoms with E-state index < -0.39 is 0 Å². The van der Waals surface area contributed by atoms with Crippen molar-refractivity contribution in [2.75, 3.05) is 19.6 Å². The Kier molecular flexibility index (Phi) is 4.01. The molecule has 1 amide bonds. The van der Waals surface area contributed by atoms with Crippen LogP contribution < -0.4 is 5.32 Å². The van der Waals surface area contributed by atoms with Gasteiger partial charge in [-0.05, 0) is 25.2 Å². The van der Waals surface area contributed by atoms with E-state index in [0.29, 0.717) is 12.6 Å².